The zero-order chi connectivity index (χ0) is 17.8. The molecule has 0 saturated carbocycles. The van der Waals surface area contributed by atoms with Crippen molar-refractivity contribution >= 4 is 0 Å². The van der Waals surface area contributed by atoms with E-state index in [4.69, 9.17) is 4.74 Å². The summed E-state index contributed by atoms with van der Waals surface area (Å²) in [5.41, 5.74) is 3.65. The number of ether oxygens (including phenoxy) is 1. The number of tetrazole rings is 1. The van der Waals surface area contributed by atoms with Gasteiger partial charge in [0.1, 0.15) is 11.4 Å². The molecule has 0 fully saturated rings. The standard InChI is InChI=1S/C20H17N5O/c1-2-26-18-10-6-8-16(14-18)15-7-5-9-17(13-15)25-23-20(22-24-25)19-11-3-4-12-21-19/h3-14H,2H2,1H3. The molecule has 0 spiro atoms. The third kappa shape index (κ3) is 3.30. The summed E-state index contributed by atoms with van der Waals surface area (Å²) in [6, 6.07) is 21.6. The average molecular weight is 343 g/mol. The van der Waals surface area contributed by atoms with Gasteiger partial charge in [-0.25, -0.2) is 0 Å². The lowest BCUT2D eigenvalue weighted by Gasteiger charge is -2.07. The molecule has 0 unspecified atom stereocenters. The first-order chi connectivity index (χ1) is 12.8. The second-order valence-corrected chi connectivity index (χ2v) is 5.63. The van der Waals surface area contributed by atoms with E-state index in [1.807, 2.05) is 67.6 Å². The van der Waals surface area contributed by atoms with Crippen molar-refractivity contribution in [1.82, 2.24) is 25.2 Å². The molecule has 6 nitrogen and oxygen atoms in total. The van der Waals surface area contributed by atoms with Gasteiger partial charge in [-0.15, -0.1) is 15.0 Å². The van der Waals surface area contributed by atoms with Crippen molar-refractivity contribution in [2.24, 2.45) is 0 Å². The Morgan fingerprint density at radius 3 is 2.58 bits per heavy atom. The van der Waals surface area contributed by atoms with Gasteiger partial charge in [-0.2, -0.15) is 0 Å². The van der Waals surface area contributed by atoms with Gasteiger partial charge in [0.25, 0.3) is 0 Å². The van der Waals surface area contributed by atoms with Crippen LogP contribution in [0.2, 0.25) is 0 Å². The highest BCUT2D eigenvalue weighted by molar-refractivity contribution is 5.67. The largest absolute Gasteiger partial charge is 0.494 e. The molecule has 0 bridgehead atoms. The normalized spacial score (nSPS) is 10.7. The van der Waals surface area contributed by atoms with Gasteiger partial charge in [0, 0.05) is 6.20 Å². The van der Waals surface area contributed by atoms with Gasteiger partial charge < -0.3 is 4.74 Å². The molecule has 0 aliphatic rings. The Kier molecular flexibility index (Phi) is 4.38. The molecule has 128 valence electrons. The molecule has 2 aromatic carbocycles. The summed E-state index contributed by atoms with van der Waals surface area (Å²) in [7, 11) is 0. The van der Waals surface area contributed by atoms with Crippen LogP contribution in [0.4, 0.5) is 0 Å². The molecule has 0 atom stereocenters. The van der Waals surface area contributed by atoms with Crippen molar-refractivity contribution in [3.63, 3.8) is 0 Å². The highest BCUT2D eigenvalue weighted by Gasteiger charge is 2.09. The van der Waals surface area contributed by atoms with Gasteiger partial charge in [-0.05, 0) is 59.7 Å². The average Bonchev–Trinajstić information content (AvgIpc) is 3.20. The number of hydrogen-bond acceptors (Lipinski definition) is 5. The molecule has 6 heteroatoms. The minimum Gasteiger partial charge on any atom is -0.494 e. The maximum atomic E-state index is 5.59. The number of nitrogens with zero attached hydrogens (tertiary/aromatic N) is 5. The molecule has 0 aliphatic heterocycles. The summed E-state index contributed by atoms with van der Waals surface area (Å²) in [5, 5.41) is 12.7. The first kappa shape index (κ1) is 16.0. The number of rotatable bonds is 5. The predicted molar refractivity (Wildman–Crippen MR) is 99.0 cm³/mol. The number of hydrogen-bond donors (Lipinski definition) is 0. The molecular weight excluding hydrogens is 326 g/mol. The molecule has 0 saturated heterocycles. The highest BCUT2D eigenvalue weighted by atomic mass is 16.5. The van der Waals surface area contributed by atoms with Crippen LogP contribution in [0, 0.1) is 0 Å². The molecule has 0 N–H and O–H groups in total. The van der Waals surface area contributed by atoms with Crippen LogP contribution in [-0.2, 0) is 0 Å². The van der Waals surface area contributed by atoms with Gasteiger partial charge in [0.05, 0.1) is 12.3 Å². The van der Waals surface area contributed by atoms with Gasteiger partial charge in [0.15, 0.2) is 0 Å². The monoisotopic (exact) mass is 343 g/mol. The Morgan fingerprint density at radius 2 is 1.77 bits per heavy atom. The van der Waals surface area contributed by atoms with Crippen LogP contribution in [0.1, 0.15) is 6.92 Å². The minimum atomic E-state index is 0.495. The summed E-state index contributed by atoms with van der Waals surface area (Å²) >= 11 is 0. The highest BCUT2D eigenvalue weighted by Crippen LogP contribution is 2.25. The molecule has 2 aromatic heterocycles. The van der Waals surface area contributed by atoms with E-state index in [0.717, 1.165) is 22.6 Å². The maximum Gasteiger partial charge on any atom is 0.223 e. The Balaban J connectivity index is 1.66. The van der Waals surface area contributed by atoms with Crippen molar-refractivity contribution in [1.29, 1.82) is 0 Å². The lowest BCUT2D eigenvalue weighted by atomic mass is 10.0. The Hall–Kier alpha value is -3.54. The van der Waals surface area contributed by atoms with E-state index in [1.165, 1.54) is 4.80 Å². The second-order valence-electron chi connectivity index (χ2n) is 5.63. The number of pyridine rings is 1. The zero-order valence-electron chi connectivity index (χ0n) is 14.3. The number of benzene rings is 2. The molecule has 4 aromatic rings. The fourth-order valence-corrected chi connectivity index (χ4v) is 2.66. The van der Waals surface area contributed by atoms with Crippen molar-refractivity contribution in [3.05, 3.63) is 72.9 Å². The Morgan fingerprint density at radius 1 is 0.923 bits per heavy atom. The third-order valence-corrected chi connectivity index (χ3v) is 3.86. The van der Waals surface area contributed by atoms with E-state index < -0.39 is 0 Å². The summed E-state index contributed by atoms with van der Waals surface area (Å²) < 4.78 is 5.59. The van der Waals surface area contributed by atoms with Crippen LogP contribution in [0.5, 0.6) is 5.75 Å². The van der Waals surface area contributed by atoms with E-state index in [0.29, 0.717) is 18.1 Å². The van der Waals surface area contributed by atoms with Crippen LogP contribution < -0.4 is 4.74 Å². The first-order valence-corrected chi connectivity index (χ1v) is 8.38. The summed E-state index contributed by atoms with van der Waals surface area (Å²) in [6.07, 6.45) is 1.71. The fraction of sp³-hybridized carbons (Fsp3) is 0.100. The number of aromatic nitrogens is 5. The SMILES string of the molecule is CCOc1cccc(-c2cccc(-n3nnc(-c4ccccn4)n3)c2)c1. The van der Waals surface area contributed by atoms with Gasteiger partial charge >= 0.3 is 0 Å². The van der Waals surface area contributed by atoms with Gasteiger partial charge in [-0.1, -0.05) is 30.3 Å². The third-order valence-electron chi connectivity index (χ3n) is 3.86. The van der Waals surface area contributed by atoms with Crippen molar-refractivity contribution in [2.45, 2.75) is 6.92 Å². The van der Waals surface area contributed by atoms with E-state index in [-0.39, 0.29) is 0 Å². The summed E-state index contributed by atoms with van der Waals surface area (Å²) in [4.78, 5) is 5.77. The van der Waals surface area contributed by atoms with Crippen LogP contribution in [-0.4, -0.2) is 31.8 Å². The summed E-state index contributed by atoms with van der Waals surface area (Å²) in [6.45, 7) is 2.62. The fourth-order valence-electron chi connectivity index (χ4n) is 2.66. The molecule has 0 amide bonds. The summed E-state index contributed by atoms with van der Waals surface area (Å²) in [5.74, 6) is 1.35. The van der Waals surface area contributed by atoms with Crippen LogP contribution in [0.3, 0.4) is 0 Å². The van der Waals surface area contributed by atoms with Crippen molar-refractivity contribution in [3.8, 4) is 34.1 Å². The first-order valence-electron chi connectivity index (χ1n) is 8.38. The smallest absolute Gasteiger partial charge is 0.223 e. The van der Waals surface area contributed by atoms with E-state index in [9.17, 15) is 0 Å². The second kappa shape index (κ2) is 7.14. The van der Waals surface area contributed by atoms with Crippen LogP contribution in [0.25, 0.3) is 28.3 Å². The van der Waals surface area contributed by atoms with Gasteiger partial charge in [-0.3, -0.25) is 4.98 Å². The molecule has 26 heavy (non-hydrogen) atoms. The topological polar surface area (TPSA) is 65.7 Å². The van der Waals surface area contributed by atoms with Crippen LogP contribution in [0.15, 0.2) is 72.9 Å². The predicted octanol–water partition coefficient (Wildman–Crippen LogP) is 3.79. The Bertz CT molecular complexity index is 1010. The maximum absolute atomic E-state index is 5.59. The van der Waals surface area contributed by atoms with E-state index in [1.54, 1.807) is 6.20 Å². The van der Waals surface area contributed by atoms with Crippen molar-refractivity contribution < 1.29 is 4.74 Å². The Labute approximate surface area is 151 Å². The zero-order valence-corrected chi connectivity index (χ0v) is 14.3. The van der Waals surface area contributed by atoms with E-state index in [2.05, 4.69) is 26.5 Å². The molecule has 0 aliphatic carbocycles. The lowest BCUT2D eigenvalue weighted by molar-refractivity contribution is 0.340. The molecular formula is C20H17N5O. The van der Waals surface area contributed by atoms with Crippen LogP contribution >= 0.6 is 0 Å². The molecule has 4 rings (SSSR count). The minimum absolute atomic E-state index is 0.495. The lowest BCUT2D eigenvalue weighted by Crippen LogP contribution is -1.99. The van der Waals surface area contributed by atoms with Gasteiger partial charge in [0.2, 0.25) is 5.82 Å². The molecule has 0 radical (unpaired) electrons. The van der Waals surface area contributed by atoms with E-state index >= 15 is 0 Å². The van der Waals surface area contributed by atoms with Crippen molar-refractivity contribution in [2.75, 3.05) is 6.61 Å². The quantitative estimate of drug-likeness (QED) is 0.551. The molecule has 2 heterocycles.